The molecule has 1 aromatic carbocycles. The molecule has 2 heterocycles. The molecule has 0 saturated carbocycles. The number of hydrogen-bond acceptors (Lipinski definition) is 4. The predicted octanol–water partition coefficient (Wildman–Crippen LogP) is 2.68. The van der Waals surface area contributed by atoms with Gasteiger partial charge in [0.2, 0.25) is 0 Å². The molecule has 21 heavy (non-hydrogen) atoms. The van der Waals surface area contributed by atoms with Gasteiger partial charge in [-0.05, 0) is 18.6 Å². The molecular formula is C16H23BrN2O2. The number of nitrogens with zero attached hydrogens (tertiary/aromatic N) is 1. The van der Waals surface area contributed by atoms with E-state index in [9.17, 15) is 0 Å². The Balaban J connectivity index is 1.76. The number of piperidine rings is 1. The predicted molar refractivity (Wildman–Crippen MR) is 86.0 cm³/mol. The summed E-state index contributed by atoms with van der Waals surface area (Å²) in [7, 11) is 0. The highest BCUT2D eigenvalue weighted by molar-refractivity contribution is 9.10. The maximum absolute atomic E-state index is 6.29. The smallest absolute Gasteiger partial charge is 0.170 e. The molecule has 1 spiro atoms. The van der Waals surface area contributed by atoms with Gasteiger partial charge in [0.05, 0.1) is 19.3 Å². The first-order valence-corrected chi connectivity index (χ1v) is 8.43. The van der Waals surface area contributed by atoms with Gasteiger partial charge in [-0.2, -0.15) is 0 Å². The SMILES string of the molecule is CC(N)C(c1ccccc1Br)N1CCC2(CC1)OCCO2. The van der Waals surface area contributed by atoms with E-state index >= 15 is 0 Å². The van der Waals surface area contributed by atoms with Gasteiger partial charge in [-0.25, -0.2) is 0 Å². The summed E-state index contributed by atoms with van der Waals surface area (Å²) in [6, 6.07) is 8.65. The summed E-state index contributed by atoms with van der Waals surface area (Å²) in [6.07, 6.45) is 1.83. The third kappa shape index (κ3) is 3.17. The molecule has 0 radical (unpaired) electrons. The van der Waals surface area contributed by atoms with Gasteiger partial charge in [0.15, 0.2) is 5.79 Å². The quantitative estimate of drug-likeness (QED) is 0.906. The molecule has 2 N–H and O–H groups in total. The number of likely N-dealkylation sites (tertiary alicyclic amines) is 1. The van der Waals surface area contributed by atoms with Crippen LogP contribution in [0.25, 0.3) is 0 Å². The summed E-state index contributed by atoms with van der Waals surface area (Å²) in [5.41, 5.74) is 7.55. The fraction of sp³-hybridized carbons (Fsp3) is 0.625. The van der Waals surface area contributed by atoms with Gasteiger partial charge >= 0.3 is 0 Å². The van der Waals surface area contributed by atoms with Crippen LogP contribution in [0, 0.1) is 0 Å². The Morgan fingerprint density at radius 3 is 2.38 bits per heavy atom. The van der Waals surface area contributed by atoms with Crippen molar-refractivity contribution >= 4 is 15.9 Å². The molecule has 2 aliphatic rings. The zero-order chi connectivity index (χ0) is 14.9. The first kappa shape index (κ1) is 15.4. The minimum atomic E-state index is -0.327. The van der Waals surface area contributed by atoms with Crippen LogP contribution in [-0.4, -0.2) is 43.0 Å². The Bertz CT molecular complexity index is 479. The van der Waals surface area contributed by atoms with E-state index in [2.05, 4.69) is 46.0 Å². The molecule has 0 amide bonds. The van der Waals surface area contributed by atoms with Crippen LogP contribution in [0.15, 0.2) is 28.7 Å². The molecule has 1 aromatic rings. The van der Waals surface area contributed by atoms with Crippen molar-refractivity contribution in [2.24, 2.45) is 5.73 Å². The molecule has 5 heteroatoms. The highest BCUT2D eigenvalue weighted by Gasteiger charge is 2.41. The second-order valence-electron chi connectivity index (χ2n) is 5.97. The molecule has 2 unspecified atom stereocenters. The summed E-state index contributed by atoms with van der Waals surface area (Å²) < 4.78 is 12.7. The van der Waals surface area contributed by atoms with Crippen LogP contribution in [0.5, 0.6) is 0 Å². The van der Waals surface area contributed by atoms with E-state index in [1.54, 1.807) is 0 Å². The zero-order valence-electron chi connectivity index (χ0n) is 12.4. The summed E-state index contributed by atoms with van der Waals surface area (Å²) >= 11 is 3.66. The standard InChI is InChI=1S/C16H23BrN2O2/c1-12(18)15(13-4-2-3-5-14(13)17)19-8-6-16(7-9-19)20-10-11-21-16/h2-5,12,15H,6-11,18H2,1H3. The van der Waals surface area contributed by atoms with E-state index in [1.807, 2.05) is 6.07 Å². The molecule has 0 bridgehead atoms. The highest BCUT2D eigenvalue weighted by Crippen LogP contribution is 2.37. The minimum absolute atomic E-state index is 0.0724. The molecular weight excluding hydrogens is 332 g/mol. The molecule has 2 fully saturated rings. The average molecular weight is 355 g/mol. The molecule has 0 aromatic heterocycles. The van der Waals surface area contributed by atoms with Crippen molar-refractivity contribution in [3.05, 3.63) is 34.3 Å². The Hall–Kier alpha value is -0.460. The van der Waals surface area contributed by atoms with Crippen molar-refractivity contribution in [2.75, 3.05) is 26.3 Å². The zero-order valence-corrected chi connectivity index (χ0v) is 14.0. The molecule has 4 nitrogen and oxygen atoms in total. The third-order valence-electron chi connectivity index (χ3n) is 4.49. The average Bonchev–Trinajstić information content (AvgIpc) is 2.92. The Morgan fingerprint density at radius 2 is 1.81 bits per heavy atom. The van der Waals surface area contributed by atoms with Crippen LogP contribution in [0.1, 0.15) is 31.4 Å². The third-order valence-corrected chi connectivity index (χ3v) is 5.21. The molecule has 3 rings (SSSR count). The van der Waals surface area contributed by atoms with E-state index < -0.39 is 0 Å². The van der Waals surface area contributed by atoms with Gasteiger partial charge in [0.25, 0.3) is 0 Å². The van der Waals surface area contributed by atoms with Gasteiger partial charge in [-0.3, -0.25) is 4.90 Å². The van der Waals surface area contributed by atoms with Gasteiger partial charge in [-0.1, -0.05) is 34.1 Å². The summed E-state index contributed by atoms with van der Waals surface area (Å²) in [6.45, 7) is 5.43. The number of nitrogens with two attached hydrogens (primary N) is 1. The molecule has 2 saturated heterocycles. The Labute approximate surface area is 134 Å². The summed E-state index contributed by atoms with van der Waals surface area (Å²) in [4.78, 5) is 2.46. The first-order chi connectivity index (χ1) is 10.1. The summed E-state index contributed by atoms with van der Waals surface area (Å²) in [5, 5.41) is 0. The van der Waals surface area contributed by atoms with Crippen LogP contribution < -0.4 is 5.73 Å². The maximum atomic E-state index is 6.29. The van der Waals surface area contributed by atoms with Gasteiger partial charge in [0.1, 0.15) is 0 Å². The van der Waals surface area contributed by atoms with Crippen LogP contribution in [0.3, 0.4) is 0 Å². The van der Waals surface area contributed by atoms with E-state index in [-0.39, 0.29) is 17.9 Å². The van der Waals surface area contributed by atoms with Gasteiger partial charge < -0.3 is 15.2 Å². The number of rotatable bonds is 3. The summed E-state index contributed by atoms with van der Waals surface area (Å²) in [5.74, 6) is -0.327. The topological polar surface area (TPSA) is 47.7 Å². The molecule has 116 valence electrons. The minimum Gasteiger partial charge on any atom is -0.347 e. The van der Waals surface area contributed by atoms with E-state index in [4.69, 9.17) is 15.2 Å². The molecule has 0 aliphatic carbocycles. The van der Waals surface area contributed by atoms with Crippen LogP contribution in [0.2, 0.25) is 0 Å². The Kier molecular flexibility index (Phi) is 4.66. The van der Waals surface area contributed by atoms with E-state index in [0.29, 0.717) is 0 Å². The van der Waals surface area contributed by atoms with Gasteiger partial charge in [0, 0.05) is 36.4 Å². The fourth-order valence-electron chi connectivity index (χ4n) is 3.46. The van der Waals surface area contributed by atoms with Crippen molar-refractivity contribution < 1.29 is 9.47 Å². The maximum Gasteiger partial charge on any atom is 0.170 e. The van der Waals surface area contributed by atoms with Crippen LogP contribution >= 0.6 is 15.9 Å². The lowest BCUT2D eigenvalue weighted by Gasteiger charge is -2.42. The largest absolute Gasteiger partial charge is 0.347 e. The van der Waals surface area contributed by atoms with E-state index in [1.165, 1.54) is 5.56 Å². The van der Waals surface area contributed by atoms with Crippen molar-refractivity contribution in [1.82, 2.24) is 4.90 Å². The first-order valence-electron chi connectivity index (χ1n) is 7.63. The van der Waals surface area contributed by atoms with Crippen LogP contribution in [0.4, 0.5) is 0 Å². The normalized spacial score (nSPS) is 25.1. The number of hydrogen-bond donors (Lipinski definition) is 1. The highest BCUT2D eigenvalue weighted by atomic mass is 79.9. The van der Waals surface area contributed by atoms with Crippen molar-refractivity contribution in [2.45, 2.75) is 37.6 Å². The lowest BCUT2D eigenvalue weighted by atomic mass is 9.95. The fourth-order valence-corrected chi connectivity index (χ4v) is 3.98. The molecule has 2 atom stereocenters. The number of halogens is 1. The Morgan fingerprint density at radius 1 is 1.19 bits per heavy atom. The van der Waals surface area contributed by atoms with Gasteiger partial charge in [-0.15, -0.1) is 0 Å². The number of benzene rings is 1. The van der Waals surface area contributed by atoms with Crippen molar-refractivity contribution in [1.29, 1.82) is 0 Å². The molecule has 2 aliphatic heterocycles. The lowest BCUT2D eigenvalue weighted by molar-refractivity contribution is -0.188. The number of ether oxygens (including phenoxy) is 2. The monoisotopic (exact) mass is 354 g/mol. The van der Waals surface area contributed by atoms with Crippen molar-refractivity contribution in [3.8, 4) is 0 Å². The van der Waals surface area contributed by atoms with Crippen LogP contribution in [-0.2, 0) is 9.47 Å². The van der Waals surface area contributed by atoms with Crippen molar-refractivity contribution in [3.63, 3.8) is 0 Å². The second kappa shape index (κ2) is 6.34. The lowest BCUT2D eigenvalue weighted by Crippen LogP contribution is -2.49. The second-order valence-corrected chi connectivity index (χ2v) is 6.82. The van der Waals surface area contributed by atoms with E-state index in [0.717, 1.165) is 43.6 Å².